The summed E-state index contributed by atoms with van der Waals surface area (Å²) in [6.07, 6.45) is 4.39. The molecule has 1 aliphatic rings. The van der Waals surface area contributed by atoms with E-state index in [-0.39, 0.29) is 5.92 Å². The summed E-state index contributed by atoms with van der Waals surface area (Å²) in [5.74, 6) is 0.439. The van der Waals surface area contributed by atoms with Gasteiger partial charge in [-0.05, 0) is 39.6 Å². The van der Waals surface area contributed by atoms with Gasteiger partial charge in [0, 0.05) is 19.5 Å². The molecule has 3 heteroatoms. The van der Waals surface area contributed by atoms with Crippen molar-refractivity contribution in [3.63, 3.8) is 0 Å². The van der Waals surface area contributed by atoms with Gasteiger partial charge in [-0.3, -0.25) is 4.79 Å². The van der Waals surface area contributed by atoms with Gasteiger partial charge in [-0.2, -0.15) is 0 Å². The van der Waals surface area contributed by atoms with Crippen LogP contribution < -0.4 is 0 Å². The van der Waals surface area contributed by atoms with Crippen molar-refractivity contribution >= 4 is 5.78 Å². The molecule has 15 heavy (non-hydrogen) atoms. The van der Waals surface area contributed by atoms with Crippen molar-refractivity contribution in [2.24, 2.45) is 5.92 Å². The Labute approximate surface area is 92.7 Å². The summed E-state index contributed by atoms with van der Waals surface area (Å²) in [4.78, 5) is 15.7. The van der Waals surface area contributed by atoms with Gasteiger partial charge in [0.1, 0.15) is 0 Å². The van der Waals surface area contributed by atoms with E-state index in [1.165, 1.54) is 6.42 Å². The third-order valence-electron chi connectivity index (χ3n) is 2.83. The number of hydrogen-bond acceptors (Lipinski definition) is 3. The number of rotatable bonds is 6. The molecule has 0 aromatic heterocycles. The van der Waals surface area contributed by atoms with E-state index >= 15 is 0 Å². The van der Waals surface area contributed by atoms with Crippen molar-refractivity contribution in [1.29, 1.82) is 0 Å². The first-order valence-corrected chi connectivity index (χ1v) is 5.64. The van der Waals surface area contributed by atoms with Crippen LogP contribution in [0.4, 0.5) is 0 Å². The van der Waals surface area contributed by atoms with E-state index in [1.807, 2.05) is 20.0 Å². The molecule has 1 atom stereocenters. The molecule has 0 spiro atoms. The number of ketones is 1. The fourth-order valence-electron chi connectivity index (χ4n) is 1.74. The predicted molar refractivity (Wildman–Crippen MR) is 62.7 cm³/mol. The van der Waals surface area contributed by atoms with Gasteiger partial charge in [-0.15, -0.1) is 0 Å². The topological polar surface area (TPSA) is 23.6 Å². The smallest absolute Gasteiger partial charge is 0.185 e. The van der Waals surface area contributed by atoms with Gasteiger partial charge >= 0.3 is 0 Å². The maximum Gasteiger partial charge on any atom is 0.185 e. The third-order valence-corrected chi connectivity index (χ3v) is 2.83. The molecule has 0 saturated carbocycles. The second-order valence-electron chi connectivity index (χ2n) is 4.64. The Balaban J connectivity index is 2.17. The van der Waals surface area contributed by atoms with Crippen molar-refractivity contribution < 1.29 is 4.79 Å². The maximum absolute atomic E-state index is 11.4. The molecule has 0 heterocycles. The molecule has 0 saturated heterocycles. The van der Waals surface area contributed by atoms with Gasteiger partial charge in [0.15, 0.2) is 5.78 Å². The Kier molecular flexibility index (Phi) is 4.33. The van der Waals surface area contributed by atoms with Gasteiger partial charge < -0.3 is 9.80 Å². The summed E-state index contributed by atoms with van der Waals surface area (Å²) < 4.78 is 0. The standard InChI is InChI=1S/C12H22N2O/c1-10-9-11(12(10)15)14(4)8-6-5-7-13(2)3/h9-10H,5-8H2,1-4H3. The molecule has 0 aromatic rings. The molecule has 0 amide bonds. The normalized spacial score (nSPS) is 20.2. The molecule has 0 bridgehead atoms. The highest BCUT2D eigenvalue weighted by atomic mass is 16.1. The van der Waals surface area contributed by atoms with Gasteiger partial charge in [0.2, 0.25) is 0 Å². The highest BCUT2D eigenvalue weighted by Crippen LogP contribution is 2.23. The second-order valence-corrected chi connectivity index (χ2v) is 4.64. The molecule has 86 valence electrons. The zero-order chi connectivity index (χ0) is 11.4. The summed E-state index contributed by atoms with van der Waals surface area (Å²) in [7, 11) is 6.18. The number of allylic oxidation sites excluding steroid dienone is 2. The van der Waals surface area contributed by atoms with Crippen molar-refractivity contribution in [1.82, 2.24) is 9.80 Å². The average Bonchev–Trinajstić information content (AvgIpc) is 2.19. The summed E-state index contributed by atoms with van der Waals surface area (Å²) >= 11 is 0. The van der Waals surface area contributed by atoms with Crippen molar-refractivity contribution in [3.05, 3.63) is 11.8 Å². The molecule has 0 fully saturated rings. The number of Topliss-reactive ketones (excluding diaryl/α,β-unsaturated/α-hetero) is 1. The number of unbranched alkanes of at least 4 members (excludes halogenated alkanes) is 1. The Morgan fingerprint density at radius 3 is 2.27 bits per heavy atom. The summed E-state index contributed by atoms with van der Waals surface area (Å²) in [6.45, 7) is 4.06. The molecule has 0 aromatic carbocycles. The lowest BCUT2D eigenvalue weighted by Gasteiger charge is -2.29. The van der Waals surface area contributed by atoms with Crippen LogP contribution in [-0.4, -0.2) is 49.8 Å². The molecule has 3 nitrogen and oxygen atoms in total. The first kappa shape index (κ1) is 12.2. The van der Waals surface area contributed by atoms with Crippen LogP contribution in [0.15, 0.2) is 11.8 Å². The minimum absolute atomic E-state index is 0.143. The number of likely N-dealkylation sites (N-methyl/N-ethyl adjacent to an activating group) is 1. The Morgan fingerprint density at radius 2 is 1.80 bits per heavy atom. The van der Waals surface area contributed by atoms with Crippen LogP contribution in [0.1, 0.15) is 19.8 Å². The molecular formula is C12H22N2O. The number of carbonyl (C=O) groups excluding carboxylic acids is 1. The van der Waals surface area contributed by atoms with E-state index in [4.69, 9.17) is 0 Å². The fraction of sp³-hybridized carbons (Fsp3) is 0.750. The van der Waals surface area contributed by atoms with Gasteiger partial charge in [-0.1, -0.05) is 6.92 Å². The molecular weight excluding hydrogens is 188 g/mol. The molecule has 1 unspecified atom stereocenters. The van der Waals surface area contributed by atoms with E-state index < -0.39 is 0 Å². The quantitative estimate of drug-likeness (QED) is 0.619. The largest absolute Gasteiger partial charge is 0.372 e. The third kappa shape index (κ3) is 3.34. The van der Waals surface area contributed by atoms with E-state index in [9.17, 15) is 4.79 Å². The summed E-state index contributed by atoms with van der Waals surface area (Å²) in [6, 6.07) is 0. The van der Waals surface area contributed by atoms with Gasteiger partial charge in [-0.25, -0.2) is 0 Å². The minimum atomic E-state index is 0.143. The SMILES string of the molecule is CC1C=C(N(C)CCCCN(C)C)C1=O. The van der Waals surface area contributed by atoms with Gasteiger partial charge in [0.05, 0.1) is 5.70 Å². The Bertz CT molecular complexity index is 258. The summed E-state index contributed by atoms with van der Waals surface area (Å²) in [5, 5.41) is 0. The van der Waals surface area contributed by atoms with Crippen LogP contribution in [0.5, 0.6) is 0 Å². The number of nitrogens with zero attached hydrogens (tertiary/aromatic N) is 2. The Morgan fingerprint density at radius 1 is 1.20 bits per heavy atom. The van der Waals surface area contributed by atoms with Crippen LogP contribution in [0.25, 0.3) is 0 Å². The number of hydrogen-bond donors (Lipinski definition) is 0. The van der Waals surface area contributed by atoms with Crippen LogP contribution in [0, 0.1) is 5.92 Å². The van der Waals surface area contributed by atoms with E-state index in [2.05, 4.69) is 23.9 Å². The highest BCUT2D eigenvalue weighted by molar-refractivity contribution is 6.03. The van der Waals surface area contributed by atoms with Crippen LogP contribution >= 0.6 is 0 Å². The fourth-order valence-corrected chi connectivity index (χ4v) is 1.74. The molecule has 0 N–H and O–H groups in total. The van der Waals surface area contributed by atoms with Crippen LogP contribution in [0.2, 0.25) is 0 Å². The Hall–Kier alpha value is -0.830. The molecule has 0 aliphatic heterocycles. The lowest BCUT2D eigenvalue weighted by atomic mass is 9.90. The monoisotopic (exact) mass is 210 g/mol. The lowest BCUT2D eigenvalue weighted by molar-refractivity contribution is -0.121. The maximum atomic E-state index is 11.4. The van der Waals surface area contributed by atoms with Crippen molar-refractivity contribution in [2.75, 3.05) is 34.2 Å². The van der Waals surface area contributed by atoms with Crippen LogP contribution in [0.3, 0.4) is 0 Å². The van der Waals surface area contributed by atoms with Crippen molar-refractivity contribution in [2.45, 2.75) is 19.8 Å². The summed E-state index contributed by atoms with van der Waals surface area (Å²) in [5.41, 5.74) is 0.910. The van der Waals surface area contributed by atoms with E-state index in [0.717, 1.165) is 25.2 Å². The first-order valence-electron chi connectivity index (χ1n) is 5.64. The predicted octanol–water partition coefficient (Wildman–Crippen LogP) is 1.36. The van der Waals surface area contributed by atoms with E-state index in [1.54, 1.807) is 0 Å². The molecule has 1 aliphatic carbocycles. The lowest BCUT2D eigenvalue weighted by Crippen LogP contribution is -2.34. The van der Waals surface area contributed by atoms with Gasteiger partial charge in [0.25, 0.3) is 0 Å². The van der Waals surface area contributed by atoms with Crippen LogP contribution in [-0.2, 0) is 4.79 Å². The number of carbonyl (C=O) groups is 1. The van der Waals surface area contributed by atoms with Crippen molar-refractivity contribution in [3.8, 4) is 0 Å². The average molecular weight is 210 g/mol. The highest BCUT2D eigenvalue weighted by Gasteiger charge is 2.28. The second kappa shape index (κ2) is 5.31. The molecule has 1 rings (SSSR count). The minimum Gasteiger partial charge on any atom is -0.372 e. The van der Waals surface area contributed by atoms with E-state index in [0.29, 0.717) is 5.78 Å². The first-order chi connectivity index (χ1) is 7.02. The molecule has 0 radical (unpaired) electrons. The zero-order valence-corrected chi connectivity index (χ0v) is 10.3. The zero-order valence-electron chi connectivity index (χ0n) is 10.3.